The minimum Gasteiger partial charge on any atom is -0.484 e. The molecule has 3 rings (SSSR count). The Morgan fingerprint density at radius 1 is 0.931 bits per heavy atom. The van der Waals surface area contributed by atoms with E-state index in [0.29, 0.717) is 17.1 Å². The van der Waals surface area contributed by atoms with Crippen molar-refractivity contribution in [2.75, 3.05) is 13.2 Å². The zero-order valence-electron chi connectivity index (χ0n) is 15.4. The maximum Gasteiger partial charge on any atom is 0.336 e. The van der Waals surface area contributed by atoms with Gasteiger partial charge in [-0.15, -0.1) is 0 Å². The number of hydrogen-bond donors (Lipinski definition) is 2. The first-order chi connectivity index (χ1) is 13.9. The van der Waals surface area contributed by atoms with Crippen LogP contribution in [0.15, 0.2) is 62.2 Å². The fourth-order valence-corrected chi connectivity index (χ4v) is 2.70. The number of hydrogen-bond acceptors (Lipinski definition) is 6. The second-order valence-electron chi connectivity index (χ2n) is 6.03. The van der Waals surface area contributed by atoms with Gasteiger partial charge in [0, 0.05) is 22.0 Å². The monoisotopic (exact) mass is 460 g/mol. The molecule has 0 aliphatic heterocycles. The summed E-state index contributed by atoms with van der Waals surface area (Å²) in [6.45, 7) is 1.21. The van der Waals surface area contributed by atoms with Crippen LogP contribution in [0.4, 0.5) is 0 Å². The van der Waals surface area contributed by atoms with Crippen LogP contribution in [0.2, 0.25) is 0 Å². The van der Waals surface area contributed by atoms with E-state index in [1.165, 1.54) is 12.1 Å². The van der Waals surface area contributed by atoms with E-state index in [2.05, 4.69) is 26.8 Å². The van der Waals surface area contributed by atoms with Gasteiger partial charge in [-0.05, 0) is 48.9 Å². The molecular weight excluding hydrogens is 444 g/mol. The number of hydrazine groups is 1. The average molecular weight is 461 g/mol. The molecule has 2 N–H and O–H groups in total. The van der Waals surface area contributed by atoms with Crippen molar-refractivity contribution in [1.82, 2.24) is 10.9 Å². The van der Waals surface area contributed by atoms with Crippen molar-refractivity contribution in [3.63, 3.8) is 0 Å². The Balaban J connectivity index is 1.44. The molecule has 0 bridgehead atoms. The second-order valence-corrected chi connectivity index (χ2v) is 6.95. The van der Waals surface area contributed by atoms with Crippen LogP contribution in [0.5, 0.6) is 11.5 Å². The number of carbonyl (C=O) groups excluding carboxylic acids is 2. The van der Waals surface area contributed by atoms with Gasteiger partial charge in [-0.1, -0.05) is 15.9 Å². The number of halogens is 1. The number of ether oxygens (including phenoxy) is 2. The lowest BCUT2D eigenvalue weighted by Crippen LogP contribution is -2.45. The summed E-state index contributed by atoms with van der Waals surface area (Å²) < 4.78 is 16.7. The summed E-state index contributed by atoms with van der Waals surface area (Å²) in [7, 11) is 0. The average Bonchev–Trinajstić information content (AvgIpc) is 2.69. The Morgan fingerprint density at radius 2 is 1.52 bits per heavy atom. The number of fused-ring (bicyclic) bond motifs is 1. The number of benzene rings is 2. The lowest BCUT2D eigenvalue weighted by Gasteiger charge is -2.10. The summed E-state index contributed by atoms with van der Waals surface area (Å²) in [4.78, 5) is 35.0. The Morgan fingerprint density at radius 3 is 2.17 bits per heavy atom. The molecule has 2 aromatic carbocycles. The summed E-state index contributed by atoms with van der Waals surface area (Å²) in [5.41, 5.74) is 5.15. The van der Waals surface area contributed by atoms with Crippen molar-refractivity contribution in [1.29, 1.82) is 0 Å². The second kappa shape index (κ2) is 9.24. The molecular formula is C20H17BrN2O6. The minimum absolute atomic E-state index is 0.258. The zero-order valence-corrected chi connectivity index (χ0v) is 16.9. The van der Waals surface area contributed by atoms with Gasteiger partial charge in [0.15, 0.2) is 13.2 Å². The highest BCUT2D eigenvalue weighted by Crippen LogP contribution is 2.22. The molecule has 0 radical (unpaired) electrons. The van der Waals surface area contributed by atoms with Crippen LogP contribution in [-0.4, -0.2) is 25.0 Å². The Labute approximate surface area is 173 Å². The van der Waals surface area contributed by atoms with Crippen molar-refractivity contribution < 1.29 is 23.5 Å². The standard InChI is InChI=1S/C20H17BrN2O6/c1-12-8-20(26)29-17-9-15(6-7-16(12)17)28-11-19(25)23-22-18(24)10-27-14-4-2-13(21)3-5-14/h2-9H,10-11H2,1H3,(H,22,24)(H,23,25). The largest absolute Gasteiger partial charge is 0.484 e. The highest BCUT2D eigenvalue weighted by Gasteiger charge is 2.08. The quantitative estimate of drug-likeness (QED) is 0.432. The highest BCUT2D eigenvalue weighted by molar-refractivity contribution is 9.10. The number of nitrogens with one attached hydrogen (secondary N) is 2. The van der Waals surface area contributed by atoms with Gasteiger partial charge in [0.2, 0.25) is 0 Å². The first kappa shape index (κ1) is 20.4. The van der Waals surface area contributed by atoms with E-state index < -0.39 is 17.4 Å². The van der Waals surface area contributed by atoms with Crippen LogP contribution < -0.4 is 26.0 Å². The molecule has 0 unspecified atom stereocenters. The van der Waals surface area contributed by atoms with Gasteiger partial charge in [-0.2, -0.15) is 0 Å². The SMILES string of the molecule is Cc1cc(=O)oc2cc(OCC(=O)NNC(=O)COc3ccc(Br)cc3)ccc12. The van der Waals surface area contributed by atoms with Gasteiger partial charge in [0.1, 0.15) is 17.1 Å². The van der Waals surface area contributed by atoms with E-state index in [9.17, 15) is 14.4 Å². The maximum absolute atomic E-state index is 11.8. The van der Waals surface area contributed by atoms with E-state index in [1.807, 2.05) is 0 Å². The van der Waals surface area contributed by atoms with Crippen LogP contribution >= 0.6 is 15.9 Å². The molecule has 29 heavy (non-hydrogen) atoms. The molecule has 3 aromatic rings. The summed E-state index contributed by atoms with van der Waals surface area (Å²) in [5.74, 6) is -0.209. The molecule has 9 heteroatoms. The van der Waals surface area contributed by atoms with Gasteiger partial charge in [-0.25, -0.2) is 4.79 Å². The molecule has 0 saturated carbocycles. The Kier molecular flexibility index (Phi) is 6.50. The zero-order chi connectivity index (χ0) is 20.8. The third-order valence-electron chi connectivity index (χ3n) is 3.82. The number of carbonyl (C=O) groups is 2. The molecule has 0 aliphatic rings. The number of aryl methyl sites for hydroxylation is 1. The van der Waals surface area contributed by atoms with Crippen molar-refractivity contribution in [3.05, 3.63) is 69.0 Å². The molecule has 1 heterocycles. The van der Waals surface area contributed by atoms with Crippen molar-refractivity contribution >= 4 is 38.7 Å². The Bertz CT molecular complexity index is 1090. The van der Waals surface area contributed by atoms with E-state index in [1.54, 1.807) is 43.3 Å². The van der Waals surface area contributed by atoms with Crippen LogP contribution in [0, 0.1) is 6.92 Å². The van der Waals surface area contributed by atoms with Crippen LogP contribution in [0.3, 0.4) is 0 Å². The van der Waals surface area contributed by atoms with E-state index in [0.717, 1.165) is 15.4 Å². The van der Waals surface area contributed by atoms with Crippen LogP contribution in [0.25, 0.3) is 11.0 Å². The molecule has 0 atom stereocenters. The molecule has 0 saturated heterocycles. The van der Waals surface area contributed by atoms with E-state index in [4.69, 9.17) is 13.9 Å². The van der Waals surface area contributed by atoms with Crippen LogP contribution in [0.1, 0.15) is 5.56 Å². The molecule has 1 aromatic heterocycles. The molecule has 0 spiro atoms. The van der Waals surface area contributed by atoms with Gasteiger partial charge >= 0.3 is 5.63 Å². The summed E-state index contributed by atoms with van der Waals surface area (Å²) in [5, 5.41) is 0.777. The van der Waals surface area contributed by atoms with Crippen molar-refractivity contribution in [2.45, 2.75) is 6.92 Å². The molecule has 0 aliphatic carbocycles. The first-order valence-electron chi connectivity index (χ1n) is 8.54. The molecule has 150 valence electrons. The lowest BCUT2D eigenvalue weighted by atomic mass is 10.1. The number of rotatable bonds is 6. The van der Waals surface area contributed by atoms with Crippen molar-refractivity contribution in [3.8, 4) is 11.5 Å². The smallest absolute Gasteiger partial charge is 0.336 e. The minimum atomic E-state index is -0.562. The Hall–Kier alpha value is -3.33. The van der Waals surface area contributed by atoms with E-state index >= 15 is 0 Å². The maximum atomic E-state index is 11.8. The fraction of sp³-hybridized carbons (Fsp3) is 0.150. The van der Waals surface area contributed by atoms with Gasteiger partial charge in [-0.3, -0.25) is 20.4 Å². The summed E-state index contributed by atoms with van der Waals surface area (Å²) in [6, 6.07) is 13.3. The molecule has 0 fully saturated rings. The third-order valence-corrected chi connectivity index (χ3v) is 4.35. The molecule has 8 nitrogen and oxygen atoms in total. The van der Waals surface area contributed by atoms with Crippen LogP contribution in [-0.2, 0) is 9.59 Å². The summed E-state index contributed by atoms with van der Waals surface area (Å²) in [6.07, 6.45) is 0. The van der Waals surface area contributed by atoms with Gasteiger partial charge in [0.25, 0.3) is 11.8 Å². The normalized spacial score (nSPS) is 10.4. The summed E-state index contributed by atoms with van der Waals surface area (Å²) >= 11 is 3.30. The van der Waals surface area contributed by atoms with Gasteiger partial charge < -0.3 is 13.9 Å². The number of amides is 2. The third kappa shape index (κ3) is 5.82. The topological polar surface area (TPSA) is 107 Å². The van der Waals surface area contributed by atoms with Gasteiger partial charge in [0.05, 0.1) is 0 Å². The predicted octanol–water partition coefficient (Wildman–Crippen LogP) is 2.47. The molecule has 2 amide bonds. The lowest BCUT2D eigenvalue weighted by molar-refractivity contribution is -0.131. The van der Waals surface area contributed by atoms with Crippen molar-refractivity contribution in [2.24, 2.45) is 0 Å². The first-order valence-corrected chi connectivity index (χ1v) is 9.33. The fourth-order valence-electron chi connectivity index (χ4n) is 2.44. The van der Waals surface area contributed by atoms with E-state index in [-0.39, 0.29) is 13.2 Å². The predicted molar refractivity (Wildman–Crippen MR) is 109 cm³/mol. The highest BCUT2D eigenvalue weighted by atomic mass is 79.9.